The van der Waals surface area contributed by atoms with E-state index in [1.807, 2.05) is 0 Å². The number of carboxylic acids is 1. The molecule has 0 aromatic rings. The number of rotatable bonds is 6. The second-order valence-corrected chi connectivity index (χ2v) is 2.95. The van der Waals surface area contributed by atoms with Crippen LogP contribution in [0.2, 0.25) is 0 Å². The molecule has 2 N–H and O–H groups in total. The number of aliphatic carboxylic acids is 1. The van der Waals surface area contributed by atoms with Crippen molar-refractivity contribution >= 4 is 14.2 Å². The molecule has 0 aliphatic heterocycles. The van der Waals surface area contributed by atoms with Gasteiger partial charge < -0.3 is 14.5 Å². The van der Waals surface area contributed by atoms with Gasteiger partial charge >= 0.3 is 14.2 Å². The molecule has 0 radical (unpaired) electrons. The molecule has 0 aromatic carbocycles. The molecule has 1 atom stereocenters. The standard InChI is InChI=1S/C6H11O5P/c1-5(6(7)8)3-2-4-11-12(9)10/h12H,1-4H2,(H,7,8)(H,9,10). The number of hydrogen-bond donors (Lipinski definition) is 2. The van der Waals surface area contributed by atoms with Gasteiger partial charge in [0.1, 0.15) is 0 Å². The molecule has 12 heavy (non-hydrogen) atoms. The Bertz CT molecular complexity index is 200. The summed E-state index contributed by atoms with van der Waals surface area (Å²) >= 11 is 0. The molecule has 0 aliphatic rings. The molecule has 0 rings (SSSR count). The maximum atomic E-state index is 10.2. The van der Waals surface area contributed by atoms with Crippen molar-refractivity contribution in [1.82, 2.24) is 0 Å². The summed E-state index contributed by atoms with van der Waals surface area (Å²) in [5.41, 5.74) is 0.0798. The zero-order valence-corrected chi connectivity index (χ0v) is 7.45. The van der Waals surface area contributed by atoms with E-state index in [9.17, 15) is 9.36 Å². The van der Waals surface area contributed by atoms with Crippen molar-refractivity contribution in [2.45, 2.75) is 12.8 Å². The van der Waals surface area contributed by atoms with Crippen molar-refractivity contribution in [2.75, 3.05) is 6.61 Å². The second kappa shape index (κ2) is 5.94. The average molecular weight is 194 g/mol. The van der Waals surface area contributed by atoms with Crippen LogP contribution in [0.3, 0.4) is 0 Å². The van der Waals surface area contributed by atoms with Gasteiger partial charge in [0, 0.05) is 5.57 Å². The molecule has 0 amide bonds. The Morgan fingerprint density at radius 3 is 2.58 bits per heavy atom. The van der Waals surface area contributed by atoms with E-state index >= 15 is 0 Å². The van der Waals surface area contributed by atoms with Crippen LogP contribution in [0.1, 0.15) is 12.8 Å². The van der Waals surface area contributed by atoms with Gasteiger partial charge in [-0.3, -0.25) is 4.57 Å². The quantitative estimate of drug-likeness (QED) is 0.371. The summed E-state index contributed by atoms with van der Waals surface area (Å²) in [5.74, 6) is -1.05. The molecular formula is C6H11O5P. The van der Waals surface area contributed by atoms with Crippen LogP contribution in [-0.2, 0) is 13.9 Å². The lowest BCUT2D eigenvalue weighted by Crippen LogP contribution is -1.99. The summed E-state index contributed by atoms with van der Waals surface area (Å²) in [6.45, 7) is 3.37. The monoisotopic (exact) mass is 194 g/mol. The molecule has 70 valence electrons. The van der Waals surface area contributed by atoms with Crippen LogP contribution in [0.5, 0.6) is 0 Å². The highest BCUT2D eigenvalue weighted by molar-refractivity contribution is 7.32. The molecule has 0 saturated carbocycles. The average Bonchev–Trinajstić information content (AvgIpc) is 1.97. The molecule has 0 aromatic heterocycles. The third-order valence-electron chi connectivity index (χ3n) is 1.15. The van der Waals surface area contributed by atoms with E-state index in [0.717, 1.165) is 0 Å². The van der Waals surface area contributed by atoms with Crippen molar-refractivity contribution in [3.63, 3.8) is 0 Å². The fraction of sp³-hybridized carbons (Fsp3) is 0.500. The summed E-state index contributed by atoms with van der Waals surface area (Å²) in [4.78, 5) is 18.4. The molecule has 0 aliphatic carbocycles. The van der Waals surface area contributed by atoms with Crippen molar-refractivity contribution in [3.8, 4) is 0 Å². The lowest BCUT2D eigenvalue weighted by Gasteiger charge is -1.99. The van der Waals surface area contributed by atoms with Crippen molar-refractivity contribution in [3.05, 3.63) is 12.2 Å². The van der Waals surface area contributed by atoms with Gasteiger partial charge in [-0.1, -0.05) is 6.58 Å². The molecule has 0 fully saturated rings. The van der Waals surface area contributed by atoms with Crippen LogP contribution in [0, 0.1) is 0 Å². The maximum Gasteiger partial charge on any atom is 0.330 e. The highest BCUT2D eigenvalue weighted by atomic mass is 31.1. The van der Waals surface area contributed by atoms with Gasteiger partial charge in [0.05, 0.1) is 6.61 Å². The number of carboxylic acid groups (broad SMARTS) is 1. The molecular weight excluding hydrogens is 183 g/mol. The Morgan fingerprint density at radius 1 is 1.58 bits per heavy atom. The second-order valence-electron chi connectivity index (χ2n) is 2.13. The maximum absolute atomic E-state index is 10.2. The third-order valence-corrected chi connectivity index (χ3v) is 1.60. The van der Waals surface area contributed by atoms with E-state index in [4.69, 9.17) is 10.00 Å². The van der Waals surface area contributed by atoms with Gasteiger partial charge in [-0.05, 0) is 12.8 Å². The summed E-state index contributed by atoms with van der Waals surface area (Å²) < 4.78 is 14.3. The third kappa shape index (κ3) is 6.09. The van der Waals surface area contributed by atoms with Gasteiger partial charge in [-0.25, -0.2) is 4.79 Å². The molecule has 5 nitrogen and oxygen atoms in total. The van der Waals surface area contributed by atoms with Gasteiger partial charge in [-0.2, -0.15) is 0 Å². The van der Waals surface area contributed by atoms with Gasteiger partial charge in [0.2, 0.25) is 0 Å². The fourth-order valence-electron chi connectivity index (χ4n) is 0.552. The normalized spacial score (nSPS) is 12.4. The predicted octanol–water partition coefficient (Wildman–Crippen LogP) is 0.806. The highest BCUT2D eigenvalue weighted by Crippen LogP contribution is 2.15. The zero-order chi connectivity index (χ0) is 9.56. The smallest absolute Gasteiger partial charge is 0.330 e. The van der Waals surface area contributed by atoms with E-state index in [-0.39, 0.29) is 18.6 Å². The fourth-order valence-corrected chi connectivity index (χ4v) is 0.871. The topological polar surface area (TPSA) is 83.8 Å². The first-order valence-corrected chi connectivity index (χ1v) is 4.57. The highest BCUT2D eigenvalue weighted by Gasteiger charge is 2.02. The molecule has 0 spiro atoms. The van der Waals surface area contributed by atoms with Gasteiger partial charge in [0.25, 0.3) is 0 Å². The van der Waals surface area contributed by atoms with Crippen LogP contribution >= 0.6 is 8.25 Å². The van der Waals surface area contributed by atoms with E-state index < -0.39 is 14.2 Å². The van der Waals surface area contributed by atoms with Gasteiger partial charge in [-0.15, -0.1) is 0 Å². The minimum atomic E-state index is -2.88. The summed E-state index contributed by atoms with van der Waals surface area (Å²) in [6, 6.07) is 0. The van der Waals surface area contributed by atoms with Gasteiger partial charge in [0.15, 0.2) is 0 Å². The molecule has 0 saturated heterocycles. The summed E-state index contributed by atoms with van der Waals surface area (Å²) in [5, 5.41) is 8.35. The van der Waals surface area contributed by atoms with Crippen LogP contribution in [-0.4, -0.2) is 22.6 Å². The molecule has 6 heteroatoms. The molecule has 1 unspecified atom stereocenters. The lowest BCUT2D eigenvalue weighted by atomic mass is 10.2. The van der Waals surface area contributed by atoms with E-state index in [1.165, 1.54) is 0 Å². The lowest BCUT2D eigenvalue weighted by molar-refractivity contribution is -0.132. The Kier molecular flexibility index (Phi) is 5.62. The first-order valence-electron chi connectivity index (χ1n) is 3.31. The van der Waals surface area contributed by atoms with Crippen LogP contribution in [0.4, 0.5) is 0 Å². The zero-order valence-electron chi connectivity index (χ0n) is 6.45. The first-order chi connectivity index (χ1) is 5.54. The van der Waals surface area contributed by atoms with Crippen molar-refractivity contribution in [1.29, 1.82) is 0 Å². The Hall–Kier alpha value is -0.640. The number of hydrogen-bond acceptors (Lipinski definition) is 3. The SMILES string of the molecule is C=C(CCCO[PH](=O)O)C(=O)O. The number of carbonyl (C=O) groups is 1. The minimum Gasteiger partial charge on any atom is -0.478 e. The van der Waals surface area contributed by atoms with Crippen molar-refractivity contribution < 1.29 is 23.9 Å². The van der Waals surface area contributed by atoms with Crippen LogP contribution < -0.4 is 0 Å². The van der Waals surface area contributed by atoms with Crippen LogP contribution in [0.15, 0.2) is 12.2 Å². The minimum absolute atomic E-state index is 0.0798. The van der Waals surface area contributed by atoms with E-state index in [1.54, 1.807) is 0 Å². The summed E-state index contributed by atoms with van der Waals surface area (Å²) in [7, 11) is -2.88. The van der Waals surface area contributed by atoms with E-state index in [2.05, 4.69) is 11.1 Å². The van der Waals surface area contributed by atoms with E-state index in [0.29, 0.717) is 6.42 Å². The predicted molar refractivity (Wildman–Crippen MR) is 43.2 cm³/mol. The Morgan fingerprint density at radius 2 is 2.17 bits per heavy atom. The molecule has 0 bridgehead atoms. The first kappa shape index (κ1) is 11.4. The van der Waals surface area contributed by atoms with Crippen LogP contribution in [0.25, 0.3) is 0 Å². The van der Waals surface area contributed by atoms with Crippen molar-refractivity contribution in [2.24, 2.45) is 0 Å². The Labute approximate surface area is 70.6 Å². The summed E-state index contributed by atoms with van der Waals surface area (Å²) in [6.07, 6.45) is 0.659. The largest absolute Gasteiger partial charge is 0.478 e. The Balaban J connectivity index is 3.38. The molecule has 0 heterocycles.